The van der Waals surface area contributed by atoms with Gasteiger partial charge < -0.3 is 4.42 Å². The summed E-state index contributed by atoms with van der Waals surface area (Å²) in [6.45, 7) is 1.82. The molecule has 3 aromatic rings. The third-order valence-electron chi connectivity index (χ3n) is 4.51. The zero-order valence-corrected chi connectivity index (χ0v) is 17.6. The van der Waals surface area contributed by atoms with Crippen LogP contribution in [0.2, 0.25) is 10.0 Å². The van der Waals surface area contributed by atoms with Gasteiger partial charge in [-0.25, -0.2) is 4.90 Å². The van der Waals surface area contributed by atoms with Crippen LogP contribution in [0.25, 0.3) is 5.57 Å². The molecule has 0 fully saturated rings. The van der Waals surface area contributed by atoms with Crippen molar-refractivity contribution in [1.82, 2.24) is 0 Å². The highest BCUT2D eigenvalue weighted by atomic mass is 35.5. The van der Waals surface area contributed by atoms with Crippen LogP contribution >= 0.6 is 35.0 Å². The second kappa shape index (κ2) is 8.11. The van der Waals surface area contributed by atoms with E-state index in [1.54, 1.807) is 54.8 Å². The van der Waals surface area contributed by atoms with Gasteiger partial charge in [0.1, 0.15) is 5.76 Å². The first kappa shape index (κ1) is 19.8. The van der Waals surface area contributed by atoms with Crippen molar-refractivity contribution in [2.45, 2.75) is 12.7 Å². The Bertz CT molecular complexity index is 1120. The number of anilines is 1. The lowest BCUT2D eigenvalue weighted by atomic mass is 10.1. The SMILES string of the molecule is Cc1cc(Cl)ccc1N1C(=O)C(SCc2ccco2)=C(c2ccc(Cl)cc2)C1=O. The Labute approximate surface area is 182 Å². The molecule has 0 saturated carbocycles. The normalized spacial score (nSPS) is 14.2. The third-order valence-corrected chi connectivity index (χ3v) is 6.10. The van der Waals surface area contributed by atoms with Crippen molar-refractivity contribution in [2.24, 2.45) is 0 Å². The Kier molecular flexibility index (Phi) is 5.54. The van der Waals surface area contributed by atoms with Crippen molar-refractivity contribution >= 4 is 58.0 Å². The van der Waals surface area contributed by atoms with Gasteiger partial charge in [0.2, 0.25) is 0 Å². The van der Waals surface area contributed by atoms with Gasteiger partial charge >= 0.3 is 0 Å². The van der Waals surface area contributed by atoms with Crippen LogP contribution in [-0.2, 0) is 15.3 Å². The predicted molar refractivity (Wildman–Crippen MR) is 117 cm³/mol. The van der Waals surface area contributed by atoms with Gasteiger partial charge in [0.05, 0.1) is 28.2 Å². The summed E-state index contributed by atoms with van der Waals surface area (Å²) in [5.41, 5.74) is 2.26. The van der Waals surface area contributed by atoms with Crippen molar-refractivity contribution in [3.63, 3.8) is 0 Å². The van der Waals surface area contributed by atoms with Crippen LogP contribution in [0.3, 0.4) is 0 Å². The number of amides is 2. The quantitative estimate of drug-likeness (QED) is 0.446. The van der Waals surface area contributed by atoms with E-state index in [1.807, 2.05) is 13.0 Å². The van der Waals surface area contributed by atoms with Gasteiger partial charge in [0.15, 0.2) is 0 Å². The van der Waals surface area contributed by atoms with E-state index in [9.17, 15) is 9.59 Å². The lowest BCUT2D eigenvalue weighted by molar-refractivity contribution is -0.119. The summed E-state index contributed by atoms with van der Waals surface area (Å²) in [6.07, 6.45) is 1.58. The number of benzene rings is 2. The number of carbonyl (C=O) groups excluding carboxylic acids is 2. The lowest BCUT2D eigenvalue weighted by Crippen LogP contribution is -2.31. The summed E-state index contributed by atoms with van der Waals surface area (Å²) >= 11 is 13.3. The number of halogens is 2. The fourth-order valence-electron chi connectivity index (χ4n) is 3.14. The van der Waals surface area contributed by atoms with Crippen molar-refractivity contribution in [2.75, 3.05) is 4.90 Å². The molecular weight excluding hydrogens is 429 g/mol. The first-order valence-electron chi connectivity index (χ1n) is 8.76. The first-order valence-corrected chi connectivity index (χ1v) is 10.5. The number of thioether (sulfide) groups is 1. The standard InChI is InChI=1S/C22H15Cl2NO3S/c1-13-11-16(24)8-9-18(13)25-21(26)19(14-4-6-15(23)7-5-14)20(22(25)27)29-12-17-3-2-10-28-17/h2-11H,12H2,1H3. The molecule has 0 radical (unpaired) electrons. The molecule has 2 amide bonds. The van der Waals surface area contributed by atoms with Crippen molar-refractivity contribution in [1.29, 1.82) is 0 Å². The molecule has 4 rings (SSSR count). The Hall–Kier alpha value is -2.47. The maximum Gasteiger partial charge on any atom is 0.272 e. The molecule has 1 aromatic heterocycles. The van der Waals surface area contributed by atoms with Gasteiger partial charge in [0.25, 0.3) is 11.8 Å². The van der Waals surface area contributed by atoms with Gasteiger partial charge in [-0.1, -0.05) is 35.3 Å². The van der Waals surface area contributed by atoms with E-state index < -0.39 is 0 Å². The molecule has 2 heterocycles. The first-order chi connectivity index (χ1) is 14.0. The van der Waals surface area contributed by atoms with Crippen LogP contribution in [0.4, 0.5) is 5.69 Å². The molecule has 4 nitrogen and oxygen atoms in total. The van der Waals surface area contributed by atoms with Crippen LogP contribution in [-0.4, -0.2) is 11.8 Å². The molecule has 0 N–H and O–H groups in total. The largest absolute Gasteiger partial charge is 0.468 e. The average molecular weight is 444 g/mol. The minimum Gasteiger partial charge on any atom is -0.468 e. The van der Waals surface area contributed by atoms with Crippen LogP contribution in [0, 0.1) is 6.92 Å². The molecule has 0 saturated heterocycles. The molecule has 0 atom stereocenters. The predicted octanol–water partition coefficient (Wildman–Crippen LogP) is 6.11. The molecule has 0 unspecified atom stereocenters. The second-order valence-corrected chi connectivity index (χ2v) is 8.31. The number of imide groups is 1. The Morgan fingerprint density at radius 3 is 2.34 bits per heavy atom. The highest BCUT2D eigenvalue weighted by molar-refractivity contribution is 8.03. The van der Waals surface area contributed by atoms with E-state index in [-0.39, 0.29) is 11.8 Å². The van der Waals surface area contributed by atoms with Crippen LogP contribution < -0.4 is 4.90 Å². The highest BCUT2D eigenvalue weighted by Gasteiger charge is 2.40. The molecule has 7 heteroatoms. The molecular formula is C22H15Cl2NO3S. The molecule has 0 aliphatic carbocycles. The summed E-state index contributed by atoms with van der Waals surface area (Å²) in [5.74, 6) is 0.428. The summed E-state index contributed by atoms with van der Waals surface area (Å²) in [5, 5.41) is 1.10. The molecule has 0 bridgehead atoms. The summed E-state index contributed by atoms with van der Waals surface area (Å²) in [6, 6.07) is 15.6. The van der Waals surface area contributed by atoms with E-state index in [1.165, 1.54) is 16.7 Å². The number of carbonyl (C=O) groups is 2. The maximum absolute atomic E-state index is 13.4. The molecule has 29 heavy (non-hydrogen) atoms. The average Bonchev–Trinajstić information content (AvgIpc) is 3.28. The van der Waals surface area contributed by atoms with Crippen molar-refractivity contribution in [3.8, 4) is 0 Å². The van der Waals surface area contributed by atoms with Gasteiger partial charge in [-0.3, -0.25) is 9.59 Å². The number of nitrogens with zero attached hydrogens (tertiary/aromatic N) is 1. The fourth-order valence-corrected chi connectivity index (χ4v) is 4.51. The fraction of sp³-hybridized carbons (Fsp3) is 0.0909. The van der Waals surface area contributed by atoms with Crippen molar-refractivity contribution in [3.05, 3.63) is 92.7 Å². The monoisotopic (exact) mass is 443 g/mol. The topological polar surface area (TPSA) is 50.5 Å². The third kappa shape index (κ3) is 3.86. The van der Waals surface area contributed by atoms with Gasteiger partial charge in [-0.2, -0.15) is 0 Å². The summed E-state index contributed by atoms with van der Waals surface area (Å²) < 4.78 is 5.37. The summed E-state index contributed by atoms with van der Waals surface area (Å²) in [4.78, 5) is 28.2. The Balaban J connectivity index is 1.77. The molecule has 146 valence electrons. The van der Waals surface area contributed by atoms with E-state index in [0.29, 0.717) is 37.5 Å². The number of rotatable bonds is 5. The Morgan fingerprint density at radius 2 is 1.69 bits per heavy atom. The molecule has 1 aliphatic rings. The minimum atomic E-state index is -0.371. The van der Waals surface area contributed by atoms with E-state index in [0.717, 1.165) is 11.3 Å². The molecule has 1 aliphatic heterocycles. The van der Waals surface area contributed by atoms with Gasteiger partial charge in [0, 0.05) is 10.0 Å². The van der Waals surface area contributed by atoms with Crippen LogP contribution in [0.1, 0.15) is 16.9 Å². The summed E-state index contributed by atoms with van der Waals surface area (Å²) in [7, 11) is 0. The zero-order chi connectivity index (χ0) is 20.5. The molecule has 2 aromatic carbocycles. The van der Waals surface area contributed by atoms with E-state index in [2.05, 4.69) is 0 Å². The number of furan rings is 1. The lowest BCUT2D eigenvalue weighted by Gasteiger charge is -2.18. The minimum absolute atomic E-state index is 0.359. The highest BCUT2D eigenvalue weighted by Crippen LogP contribution is 2.40. The smallest absolute Gasteiger partial charge is 0.272 e. The Morgan fingerprint density at radius 1 is 0.966 bits per heavy atom. The van der Waals surface area contributed by atoms with Crippen LogP contribution in [0.15, 0.2) is 70.2 Å². The number of aryl methyl sites for hydroxylation is 1. The van der Waals surface area contributed by atoms with E-state index >= 15 is 0 Å². The number of hydrogen-bond donors (Lipinski definition) is 0. The number of hydrogen-bond acceptors (Lipinski definition) is 4. The van der Waals surface area contributed by atoms with Gasteiger partial charge in [-0.05, 0) is 60.5 Å². The van der Waals surface area contributed by atoms with Crippen molar-refractivity contribution < 1.29 is 14.0 Å². The zero-order valence-electron chi connectivity index (χ0n) is 15.3. The van der Waals surface area contributed by atoms with E-state index in [4.69, 9.17) is 27.6 Å². The molecule has 0 spiro atoms. The maximum atomic E-state index is 13.4. The second-order valence-electron chi connectivity index (χ2n) is 6.46. The van der Waals surface area contributed by atoms with Gasteiger partial charge in [-0.15, -0.1) is 11.8 Å². The van der Waals surface area contributed by atoms with Crippen LogP contribution in [0.5, 0.6) is 0 Å².